The lowest BCUT2D eigenvalue weighted by atomic mass is 10.2. The third-order valence-corrected chi connectivity index (χ3v) is 5.21. The maximum Gasteiger partial charge on any atom is 0.154 e. The van der Waals surface area contributed by atoms with Gasteiger partial charge in [0.25, 0.3) is 0 Å². The summed E-state index contributed by atoms with van der Waals surface area (Å²) in [6.07, 6.45) is 3.70. The summed E-state index contributed by atoms with van der Waals surface area (Å²) in [7, 11) is 0. The third kappa shape index (κ3) is 3.01. The van der Waals surface area contributed by atoms with Crippen molar-refractivity contribution in [2.45, 2.75) is 13.5 Å². The molecular formula is C20H22N8. The van der Waals surface area contributed by atoms with E-state index in [2.05, 4.69) is 35.9 Å². The van der Waals surface area contributed by atoms with Crippen LogP contribution in [-0.4, -0.2) is 55.6 Å². The van der Waals surface area contributed by atoms with Gasteiger partial charge in [-0.1, -0.05) is 12.1 Å². The molecular weight excluding hydrogens is 352 g/mol. The molecule has 28 heavy (non-hydrogen) atoms. The minimum absolute atomic E-state index is 0.547. The van der Waals surface area contributed by atoms with Crippen LogP contribution in [0.3, 0.4) is 0 Å². The second-order valence-electron chi connectivity index (χ2n) is 7.17. The first-order valence-electron chi connectivity index (χ1n) is 9.47. The number of para-hydroxylation sites is 1. The van der Waals surface area contributed by atoms with Crippen molar-refractivity contribution in [2.24, 2.45) is 0 Å². The molecule has 8 nitrogen and oxygen atoms in total. The molecule has 0 atom stereocenters. The van der Waals surface area contributed by atoms with Gasteiger partial charge in [-0.2, -0.15) is 5.10 Å². The molecule has 1 aromatic carbocycles. The molecule has 142 valence electrons. The number of piperazine rings is 1. The predicted octanol–water partition coefficient (Wildman–Crippen LogP) is 1.89. The standard InChI is InChI=1S/C20H22N8/c1-14-12-17-20(22-6-7-28(17)25-14)27-10-8-26(9-11-27)13-18-23-16-5-3-2-4-15(16)19(21)24-18/h2-7,12H,8-11,13H2,1H3,(H2,21,23,24). The van der Waals surface area contributed by atoms with Gasteiger partial charge in [-0.25, -0.2) is 19.5 Å². The van der Waals surface area contributed by atoms with Crippen LogP contribution in [0.4, 0.5) is 11.6 Å². The van der Waals surface area contributed by atoms with Crippen LogP contribution in [0, 0.1) is 6.92 Å². The highest BCUT2D eigenvalue weighted by atomic mass is 15.3. The van der Waals surface area contributed by atoms with Crippen molar-refractivity contribution in [2.75, 3.05) is 36.8 Å². The first-order chi connectivity index (χ1) is 13.7. The van der Waals surface area contributed by atoms with Crippen LogP contribution < -0.4 is 10.6 Å². The van der Waals surface area contributed by atoms with Crippen molar-refractivity contribution < 1.29 is 0 Å². The van der Waals surface area contributed by atoms with E-state index in [-0.39, 0.29) is 0 Å². The van der Waals surface area contributed by atoms with Crippen LogP contribution in [0.15, 0.2) is 42.7 Å². The fourth-order valence-corrected chi connectivity index (χ4v) is 3.81. The smallest absolute Gasteiger partial charge is 0.154 e. The van der Waals surface area contributed by atoms with Gasteiger partial charge in [-0.15, -0.1) is 0 Å². The Labute approximate surface area is 162 Å². The van der Waals surface area contributed by atoms with Crippen molar-refractivity contribution in [3.05, 3.63) is 54.2 Å². The van der Waals surface area contributed by atoms with Gasteiger partial charge in [0.05, 0.1) is 17.8 Å². The number of nitrogens with zero attached hydrogens (tertiary/aromatic N) is 7. The average molecular weight is 374 g/mol. The van der Waals surface area contributed by atoms with Crippen LogP contribution in [0.1, 0.15) is 11.5 Å². The first kappa shape index (κ1) is 16.9. The van der Waals surface area contributed by atoms with Gasteiger partial charge in [0, 0.05) is 44.0 Å². The lowest BCUT2D eigenvalue weighted by Crippen LogP contribution is -2.46. The zero-order valence-corrected chi connectivity index (χ0v) is 15.8. The molecule has 1 fully saturated rings. The molecule has 0 saturated carbocycles. The SMILES string of the molecule is Cc1cc2c(N3CCN(Cc4nc(N)c5ccccc5n4)CC3)nccn2n1. The third-order valence-electron chi connectivity index (χ3n) is 5.21. The number of nitrogen functional groups attached to an aromatic ring is 1. The Morgan fingerprint density at radius 3 is 2.75 bits per heavy atom. The molecule has 0 unspecified atom stereocenters. The molecule has 0 spiro atoms. The molecule has 0 aliphatic carbocycles. The summed E-state index contributed by atoms with van der Waals surface area (Å²) in [6.45, 7) is 6.36. The monoisotopic (exact) mass is 374 g/mol. The Kier molecular flexibility index (Phi) is 4.05. The van der Waals surface area contributed by atoms with Crippen molar-refractivity contribution in [3.8, 4) is 0 Å². The van der Waals surface area contributed by atoms with Crippen molar-refractivity contribution in [3.63, 3.8) is 0 Å². The van der Waals surface area contributed by atoms with Crippen molar-refractivity contribution in [1.82, 2.24) is 29.5 Å². The molecule has 0 amide bonds. The summed E-state index contributed by atoms with van der Waals surface area (Å²) >= 11 is 0. The lowest BCUT2D eigenvalue weighted by molar-refractivity contribution is 0.244. The minimum Gasteiger partial charge on any atom is -0.383 e. The minimum atomic E-state index is 0.547. The first-order valence-corrected chi connectivity index (χ1v) is 9.47. The number of aryl methyl sites for hydroxylation is 1. The van der Waals surface area contributed by atoms with E-state index in [0.29, 0.717) is 12.4 Å². The van der Waals surface area contributed by atoms with E-state index >= 15 is 0 Å². The molecule has 4 heterocycles. The summed E-state index contributed by atoms with van der Waals surface area (Å²) in [5.41, 5.74) is 9.07. The Bertz CT molecular complexity index is 1140. The van der Waals surface area contributed by atoms with Gasteiger partial charge >= 0.3 is 0 Å². The summed E-state index contributed by atoms with van der Waals surface area (Å²) in [5.74, 6) is 2.32. The number of fused-ring (bicyclic) bond motifs is 2. The highest BCUT2D eigenvalue weighted by molar-refractivity contribution is 5.87. The van der Waals surface area contributed by atoms with Gasteiger partial charge in [0.1, 0.15) is 17.2 Å². The summed E-state index contributed by atoms with van der Waals surface area (Å²) in [4.78, 5) is 18.5. The summed E-state index contributed by atoms with van der Waals surface area (Å²) < 4.78 is 1.90. The zero-order chi connectivity index (χ0) is 19.1. The maximum absolute atomic E-state index is 6.12. The molecule has 8 heteroatoms. The molecule has 1 aliphatic heterocycles. The Morgan fingerprint density at radius 1 is 1.07 bits per heavy atom. The lowest BCUT2D eigenvalue weighted by Gasteiger charge is -2.35. The Balaban J connectivity index is 1.31. The second-order valence-corrected chi connectivity index (χ2v) is 7.17. The summed E-state index contributed by atoms with van der Waals surface area (Å²) in [5, 5.41) is 5.39. The van der Waals surface area contributed by atoms with E-state index in [0.717, 1.165) is 59.9 Å². The van der Waals surface area contributed by atoms with E-state index in [1.165, 1.54) is 0 Å². The highest BCUT2D eigenvalue weighted by Gasteiger charge is 2.21. The van der Waals surface area contributed by atoms with Crippen LogP contribution in [-0.2, 0) is 6.54 Å². The van der Waals surface area contributed by atoms with Gasteiger partial charge in [0.2, 0.25) is 0 Å². The normalized spacial score (nSPS) is 15.5. The summed E-state index contributed by atoms with van der Waals surface area (Å²) in [6, 6.07) is 9.95. The zero-order valence-electron chi connectivity index (χ0n) is 15.8. The molecule has 0 radical (unpaired) electrons. The second kappa shape index (κ2) is 6.72. The molecule has 2 N–H and O–H groups in total. The number of anilines is 2. The fourth-order valence-electron chi connectivity index (χ4n) is 3.81. The van der Waals surface area contributed by atoms with E-state index in [4.69, 9.17) is 5.73 Å². The number of hydrogen-bond donors (Lipinski definition) is 1. The van der Waals surface area contributed by atoms with E-state index in [9.17, 15) is 0 Å². The van der Waals surface area contributed by atoms with E-state index in [1.807, 2.05) is 48.1 Å². The quantitative estimate of drug-likeness (QED) is 0.586. The fraction of sp³-hybridized carbons (Fsp3) is 0.300. The number of nitrogens with two attached hydrogens (primary N) is 1. The molecule has 0 bridgehead atoms. The molecule has 1 aliphatic rings. The van der Waals surface area contributed by atoms with E-state index < -0.39 is 0 Å². The number of benzene rings is 1. The van der Waals surface area contributed by atoms with Crippen LogP contribution in [0.5, 0.6) is 0 Å². The van der Waals surface area contributed by atoms with Gasteiger partial charge in [0.15, 0.2) is 5.82 Å². The van der Waals surface area contributed by atoms with Crippen molar-refractivity contribution >= 4 is 28.1 Å². The van der Waals surface area contributed by atoms with Crippen LogP contribution >= 0.6 is 0 Å². The Hall–Kier alpha value is -3.26. The van der Waals surface area contributed by atoms with E-state index in [1.54, 1.807) is 0 Å². The number of rotatable bonds is 3. The molecule has 5 rings (SSSR count). The van der Waals surface area contributed by atoms with Gasteiger partial charge in [-0.05, 0) is 25.1 Å². The predicted molar refractivity (Wildman–Crippen MR) is 109 cm³/mol. The average Bonchev–Trinajstić information content (AvgIpc) is 3.09. The van der Waals surface area contributed by atoms with Gasteiger partial charge < -0.3 is 10.6 Å². The number of hydrogen-bond acceptors (Lipinski definition) is 7. The molecule has 1 saturated heterocycles. The van der Waals surface area contributed by atoms with Crippen LogP contribution in [0.25, 0.3) is 16.4 Å². The topological polar surface area (TPSA) is 88.5 Å². The molecule has 4 aromatic rings. The Morgan fingerprint density at radius 2 is 1.89 bits per heavy atom. The molecule has 3 aromatic heterocycles. The van der Waals surface area contributed by atoms with Gasteiger partial charge in [-0.3, -0.25) is 4.90 Å². The highest BCUT2D eigenvalue weighted by Crippen LogP contribution is 2.22. The maximum atomic E-state index is 6.12. The van der Waals surface area contributed by atoms with Crippen molar-refractivity contribution in [1.29, 1.82) is 0 Å². The van der Waals surface area contributed by atoms with Crippen LogP contribution in [0.2, 0.25) is 0 Å². The number of aromatic nitrogens is 5. The largest absolute Gasteiger partial charge is 0.383 e.